The predicted molar refractivity (Wildman–Crippen MR) is 135 cm³/mol. The zero-order chi connectivity index (χ0) is 26.0. The summed E-state index contributed by atoms with van der Waals surface area (Å²) in [6.07, 6.45) is 2.89. The van der Waals surface area contributed by atoms with E-state index in [1.807, 2.05) is 30.3 Å². The molecule has 0 saturated heterocycles. The minimum Gasteiger partial charge on any atom is -0.503 e. The number of aliphatic hydroxyl groups is 1. The molecule has 1 N–H and O–H groups in total. The molecule has 0 bridgehead atoms. The first kappa shape index (κ1) is 24.7. The van der Waals surface area contributed by atoms with E-state index >= 15 is 0 Å². The molecule has 0 spiro atoms. The van der Waals surface area contributed by atoms with Crippen LogP contribution in [-0.2, 0) is 14.3 Å². The normalized spacial score (nSPS) is 15.6. The lowest BCUT2D eigenvalue weighted by Gasteiger charge is -2.24. The van der Waals surface area contributed by atoms with Crippen LogP contribution in [0.2, 0.25) is 0 Å². The van der Waals surface area contributed by atoms with Gasteiger partial charge in [0.15, 0.2) is 22.5 Å². The number of esters is 1. The van der Waals surface area contributed by atoms with Gasteiger partial charge in [-0.2, -0.15) is 0 Å². The van der Waals surface area contributed by atoms with E-state index in [2.05, 4.69) is 4.98 Å². The van der Waals surface area contributed by atoms with E-state index in [1.165, 1.54) is 37.1 Å². The fraction of sp³-hybridized carbons (Fsp3) is 0.148. The minimum atomic E-state index is -1.03. The van der Waals surface area contributed by atoms with Gasteiger partial charge in [0, 0.05) is 6.92 Å². The second kappa shape index (κ2) is 10.1. The van der Waals surface area contributed by atoms with Gasteiger partial charge in [-0.05, 0) is 36.3 Å². The number of benzene rings is 2. The highest BCUT2D eigenvalue weighted by Crippen LogP contribution is 2.43. The van der Waals surface area contributed by atoms with E-state index in [1.54, 1.807) is 25.1 Å². The molecule has 0 radical (unpaired) electrons. The van der Waals surface area contributed by atoms with Crippen LogP contribution >= 0.6 is 11.3 Å². The van der Waals surface area contributed by atoms with Crippen LogP contribution in [0.4, 0.5) is 5.13 Å². The molecule has 3 aromatic rings. The van der Waals surface area contributed by atoms with Crippen molar-refractivity contribution in [1.82, 2.24) is 4.98 Å². The van der Waals surface area contributed by atoms with Crippen LogP contribution in [0, 0.1) is 6.92 Å². The van der Waals surface area contributed by atoms with Gasteiger partial charge in [-0.3, -0.25) is 19.3 Å². The second-order valence-electron chi connectivity index (χ2n) is 8.03. The number of ether oxygens (including phenoxy) is 1. The van der Waals surface area contributed by atoms with Crippen molar-refractivity contribution in [2.24, 2.45) is 0 Å². The number of carbonyl (C=O) groups excluding carboxylic acids is 4. The molecule has 1 aliphatic heterocycles. The number of Topliss-reactive ketones (excluding diaryl/α,β-unsaturated/α-hetero) is 1. The van der Waals surface area contributed by atoms with Crippen molar-refractivity contribution in [3.05, 3.63) is 99.3 Å². The van der Waals surface area contributed by atoms with Crippen LogP contribution < -0.4 is 4.90 Å². The first-order valence-electron chi connectivity index (χ1n) is 10.9. The van der Waals surface area contributed by atoms with Gasteiger partial charge in [0.25, 0.3) is 5.91 Å². The first-order valence-corrected chi connectivity index (χ1v) is 11.7. The van der Waals surface area contributed by atoms with E-state index in [0.717, 1.165) is 16.9 Å². The van der Waals surface area contributed by atoms with Crippen LogP contribution in [0.25, 0.3) is 6.08 Å². The number of hydrogen-bond acceptors (Lipinski definition) is 8. The number of aryl methyl sites for hydroxylation is 1. The van der Waals surface area contributed by atoms with Gasteiger partial charge in [0.1, 0.15) is 0 Å². The maximum atomic E-state index is 13.3. The average molecular weight is 503 g/mol. The predicted octanol–water partition coefficient (Wildman–Crippen LogP) is 4.62. The molecule has 1 amide bonds. The van der Waals surface area contributed by atoms with E-state index in [9.17, 15) is 24.3 Å². The van der Waals surface area contributed by atoms with E-state index < -0.39 is 29.5 Å². The van der Waals surface area contributed by atoms with Crippen LogP contribution in [0.15, 0.2) is 72.0 Å². The maximum Gasteiger partial charge on any atom is 0.337 e. The second-order valence-corrected chi connectivity index (χ2v) is 9.01. The third-order valence-corrected chi connectivity index (χ3v) is 6.92. The topological polar surface area (TPSA) is 114 Å². The summed E-state index contributed by atoms with van der Waals surface area (Å²) in [6, 6.07) is 14.3. The molecule has 1 atom stereocenters. The largest absolute Gasteiger partial charge is 0.503 e. The SMILES string of the molecule is COC(=O)c1ccc(C2C(C(=O)C=Cc3ccccc3)=C(O)C(=O)N2c2nc(C)c(C(C)=O)s2)cc1. The maximum absolute atomic E-state index is 13.3. The number of ketones is 2. The summed E-state index contributed by atoms with van der Waals surface area (Å²) in [4.78, 5) is 56.4. The highest BCUT2D eigenvalue weighted by molar-refractivity contribution is 7.17. The smallest absolute Gasteiger partial charge is 0.337 e. The number of amides is 1. The zero-order valence-corrected chi connectivity index (χ0v) is 20.5. The lowest BCUT2D eigenvalue weighted by atomic mass is 9.95. The molecule has 9 heteroatoms. The van der Waals surface area contributed by atoms with Crippen molar-refractivity contribution < 1.29 is 29.0 Å². The van der Waals surface area contributed by atoms with E-state index in [-0.39, 0.29) is 22.1 Å². The Hall–Kier alpha value is -4.37. The number of thiazole rings is 1. The molecule has 8 nitrogen and oxygen atoms in total. The number of aliphatic hydroxyl groups excluding tert-OH is 1. The van der Waals surface area contributed by atoms with Gasteiger partial charge in [-0.1, -0.05) is 59.9 Å². The molecule has 36 heavy (non-hydrogen) atoms. The van der Waals surface area contributed by atoms with Crippen LogP contribution in [0.5, 0.6) is 0 Å². The summed E-state index contributed by atoms with van der Waals surface area (Å²) in [6.45, 7) is 3.05. The number of aromatic nitrogens is 1. The van der Waals surface area contributed by atoms with Gasteiger partial charge in [0.2, 0.25) is 0 Å². The van der Waals surface area contributed by atoms with Gasteiger partial charge in [-0.25, -0.2) is 9.78 Å². The van der Waals surface area contributed by atoms with Crippen LogP contribution in [-0.4, -0.2) is 40.6 Å². The zero-order valence-electron chi connectivity index (χ0n) is 19.7. The Morgan fingerprint density at radius 3 is 2.33 bits per heavy atom. The third kappa shape index (κ3) is 4.60. The summed E-state index contributed by atoms with van der Waals surface area (Å²) in [5.74, 6) is -2.81. The van der Waals surface area contributed by atoms with Crippen molar-refractivity contribution in [3.63, 3.8) is 0 Å². The Kier molecular flexibility index (Phi) is 6.93. The number of anilines is 1. The number of methoxy groups -OCH3 is 1. The van der Waals surface area contributed by atoms with Crippen molar-refractivity contribution >= 4 is 46.0 Å². The lowest BCUT2D eigenvalue weighted by molar-refractivity contribution is -0.117. The van der Waals surface area contributed by atoms with Gasteiger partial charge in [0.05, 0.1) is 34.9 Å². The Morgan fingerprint density at radius 1 is 1.08 bits per heavy atom. The minimum absolute atomic E-state index is 0.129. The summed E-state index contributed by atoms with van der Waals surface area (Å²) in [7, 11) is 1.27. The van der Waals surface area contributed by atoms with Crippen molar-refractivity contribution in [3.8, 4) is 0 Å². The highest BCUT2D eigenvalue weighted by atomic mass is 32.1. The molecule has 4 rings (SSSR count). The highest BCUT2D eigenvalue weighted by Gasteiger charge is 2.45. The van der Waals surface area contributed by atoms with Crippen LogP contribution in [0.3, 0.4) is 0 Å². The number of nitrogens with zero attached hydrogens (tertiary/aromatic N) is 2. The molecule has 1 aliphatic rings. The van der Waals surface area contributed by atoms with Crippen molar-refractivity contribution in [1.29, 1.82) is 0 Å². The monoisotopic (exact) mass is 502 g/mol. The van der Waals surface area contributed by atoms with Gasteiger partial charge in [-0.15, -0.1) is 0 Å². The van der Waals surface area contributed by atoms with Crippen LogP contribution in [0.1, 0.15) is 49.8 Å². The van der Waals surface area contributed by atoms with Crippen molar-refractivity contribution in [2.45, 2.75) is 19.9 Å². The molecule has 0 saturated carbocycles. The number of hydrogen-bond donors (Lipinski definition) is 1. The first-order chi connectivity index (χ1) is 17.2. The number of rotatable bonds is 7. The molecule has 2 aromatic carbocycles. The summed E-state index contributed by atoms with van der Waals surface area (Å²) in [5, 5.41) is 11.0. The Bertz CT molecular complexity index is 1420. The fourth-order valence-electron chi connectivity index (χ4n) is 3.93. The molecule has 0 fully saturated rings. The molecule has 1 aromatic heterocycles. The molecular formula is C27H22N2O6S. The van der Waals surface area contributed by atoms with E-state index in [0.29, 0.717) is 16.1 Å². The fourth-order valence-corrected chi connectivity index (χ4v) is 4.92. The molecule has 182 valence electrons. The van der Waals surface area contributed by atoms with Gasteiger partial charge >= 0.3 is 5.97 Å². The summed E-state index contributed by atoms with van der Waals surface area (Å²) in [5.41, 5.74) is 1.83. The molecule has 1 unspecified atom stereocenters. The standard InChI is InChI=1S/C27H22N2O6S/c1-15-24(16(2)30)36-27(28-15)29-22(18-10-12-19(13-11-18)26(34)35-3)21(23(32)25(29)33)20(31)14-9-17-7-5-4-6-8-17/h4-14,22,32H,1-3H3. The third-order valence-electron chi connectivity index (χ3n) is 5.66. The number of allylic oxidation sites excluding steroid dienone is 1. The Labute approximate surface area is 211 Å². The van der Waals surface area contributed by atoms with Gasteiger partial charge < -0.3 is 9.84 Å². The van der Waals surface area contributed by atoms with Crippen molar-refractivity contribution in [2.75, 3.05) is 12.0 Å². The molecule has 0 aliphatic carbocycles. The summed E-state index contributed by atoms with van der Waals surface area (Å²) >= 11 is 1.01. The quantitative estimate of drug-likeness (QED) is 0.285. The van der Waals surface area contributed by atoms with E-state index in [4.69, 9.17) is 4.74 Å². The average Bonchev–Trinajstić information content (AvgIpc) is 3.39. The molecule has 2 heterocycles. The Morgan fingerprint density at radius 2 is 1.75 bits per heavy atom. The lowest BCUT2D eigenvalue weighted by Crippen LogP contribution is -2.30. The number of carbonyl (C=O) groups is 4. The summed E-state index contributed by atoms with van der Waals surface area (Å²) < 4.78 is 4.74. The Balaban J connectivity index is 1.81. The molecular weight excluding hydrogens is 480 g/mol.